The zero-order valence-corrected chi connectivity index (χ0v) is 13.0. The largest absolute Gasteiger partial charge is 0.337 e. The molecule has 2 aromatic carbocycles. The van der Waals surface area contributed by atoms with Gasteiger partial charge in [-0.15, -0.1) is 0 Å². The number of H-pyrrole nitrogens is 1. The molecule has 25 heavy (non-hydrogen) atoms. The van der Waals surface area contributed by atoms with E-state index in [0.717, 1.165) is 17.1 Å². The smallest absolute Gasteiger partial charge is 0.301 e. The summed E-state index contributed by atoms with van der Waals surface area (Å²) in [7, 11) is 1.51. The Morgan fingerprint density at radius 2 is 1.92 bits per heavy atom. The Labute approximate surface area is 140 Å². The van der Waals surface area contributed by atoms with Gasteiger partial charge in [-0.05, 0) is 18.2 Å². The lowest BCUT2D eigenvalue weighted by Gasteiger charge is -2.12. The van der Waals surface area contributed by atoms with Gasteiger partial charge in [0, 0.05) is 13.1 Å². The highest BCUT2D eigenvalue weighted by Crippen LogP contribution is 2.31. The van der Waals surface area contributed by atoms with E-state index in [2.05, 4.69) is 15.1 Å². The second-order valence-corrected chi connectivity index (χ2v) is 5.09. The molecule has 3 aromatic rings. The summed E-state index contributed by atoms with van der Waals surface area (Å²) < 4.78 is 0. The minimum Gasteiger partial charge on any atom is -0.337 e. The zero-order chi connectivity index (χ0) is 18.0. The fraction of sp³-hybridized carbons (Fsp3) is 0.0667. The summed E-state index contributed by atoms with van der Waals surface area (Å²) in [5, 5.41) is 27.3. The molecule has 1 N–H and O–H groups in total. The lowest BCUT2D eigenvalue weighted by Crippen LogP contribution is -2.11. The molecule has 0 atom stereocenters. The van der Waals surface area contributed by atoms with Gasteiger partial charge in [-0.25, -0.2) is 4.98 Å². The van der Waals surface area contributed by atoms with E-state index in [1.165, 1.54) is 30.4 Å². The molecule has 0 fully saturated rings. The van der Waals surface area contributed by atoms with Gasteiger partial charge in [-0.3, -0.25) is 25.2 Å². The van der Waals surface area contributed by atoms with Gasteiger partial charge in [0.25, 0.3) is 5.69 Å². The third-order valence-corrected chi connectivity index (χ3v) is 3.48. The van der Waals surface area contributed by atoms with Crippen molar-refractivity contribution in [2.45, 2.75) is 0 Å². The minimum absolute atomic E-state index is 0.128. The number of nitro groups is 2. The van der Waals surface area contributed by atoms with Crippen LogP contribution in [0.25, 0.3) is 11.0 Å². The van der Waals surface area contributed by atoms with Gasteiger partial charge in [-0.1, -0.05) is 12.1 Å². The maximum Gasteiger partial charge on any atom is 0.301 e. The molecule has 0 spiro atoms. The quantitative estimate of drug-likeness (QED) is 0.431. The van der Waals surface area contributed by atoms with E-state index in [0.29, 0.717) is 5.82 Å². The van der Waals surface area contributed by atoms with E-state index in [-0.39, 0.29) is 11.4 Å². The standard InChI is InChI=1S/C15H12N6O4/c1-19(13-7-6-10(20(22)23)8-14(13)21(24)25)16-9-15-17-11-4-2-3-5-12(11)18-15/h2-9H,1H3,(H,17,18)/b16-9+. The van der Waals surface area contributed by atoms with E-state index in [1.54, 1.807) is 0 Å². The van der Waals surface area contributed by atoms with Gasteiger partial charge in [0.05, 0.1) is 33.2 Å². The van der Waals surface area contributed by atoms with Crippen LogP contribution in [-0.4, -0.2) is 33.1 Å². The molecule has 126 valence electrons. The lowest BCUT2D eigenvalue weighted by atomic mass is 10.2. The van der Waals surface area contributed by atoms with Gasteiger partial charge in [0.1, 0.15) is 5.69 Å². The van der Waals surface area contributed by atoms with Crippen molar-refractivity contribution >= 4 is 34.3 Å². The number of para-hydroxylation sites is 2. The maximum absolute atomic E-state index is 11.2. The molecule has 0 aliphatic carbocycles. The van der Waals surface area contributed by atoms with Crippen molar-refractivity contribution in [1.82, 2.24) is 9.97 Å². The highest BCUT2D eigenvalue weighted by atomic mass is 16.6. The number of nitrogens with one attached hydrogen (secondary N) is 1. The molecular weight excluding hydrogens is 328 g/mol. The number of anilines is 1. The van der Waals surface area contributed by atoms with Crippen LogP contribution in [0.2, 0.25) is 0 Å². The molecule has 10 nitrogen and oxygen atoms in total. The van der Waals surface area contributed by atoms with Crippen LogP contribution in [-0.2, 0) is 0 Å². The Morgan fingerprint density at radius 1 is 1.16 bits per heavy atom. The number of fused-ring (bicyclic) bond motifs is 1. The average molecular weight is 340 g/mol. The number of hydrazone groups is 1. The monoisotopic (exact) mass is 340 g/mol. The van der Waals surface area contributed by atoms with Crippen LogP contribution in [0.15, 0.2) is 47.6 Å². The predicted molar refractivity (Wildman–Crippen MR) is 91.8 cm³/mol. The molecule has 0 amide bonds. The molecule has 0 aliphatic heterocycles. The second kappa shape index (κ2) is 6.35. The number of nitro benzene ring substituents is 2. The van der Waals surface area contributed by atoms with Gasteiger partial charge in [-0.2, -0.15) is 5.10 Å². The fourth-order valence-electron chi connectivity index (χ4n) is 2.28. The average Bonchev–Trinajstić information content (AvgIpc) is 3.02. The van der Waals surface area contributed by atoms with E-state index in [1.807, 2.05) is 24.3 Å². The molecule has 10 heteroatoms. The van der Waals surface area contributed by atoms with Crippen LogP contribution in [0.3, 0.4) is 0 Å². The minimum atomic E-state index is -0.686. The first kappa shape index (κ1) is 16.1. The molecule has 0 saturated heterocycles. The van der Waals surface area contributed by atoms with Crippen molar-refractivity contribution in [3.8, 4) is 0 Å². The van der Waals surface area contributed by atoms with Crippen LogP contribution < -0.4 is 5.01 Å². The number of hydrogen-bond donors (Lipinski definition) is 1. The SMILES string of the molecule is CN(/N=C/c1nc2ccccc2[nH]1)c1ccc([N+](=O)[O-])cc1[N+](=O)[O-]. The summed E-state index contributed by atoms with van der Waals surface area (Å²) in [6.07, 6.45) is 1.42. The van der Waals surface area contributed by atoms with Crippen molar-refractivity contribution in [2.24, 2.45) is 5.10 Å². The molecule has 0 bridgehead atoms. The van der Waals surface area contributed by atoms with Crippen molar-refractivity contribution in [3.63, 3.8) is 0 Å². The number of imidazole rings is 1. The predicted octanol–water partition coefficient (Wildman–Crippen LogP) is 2.85. The molecule has 1 heterocycles. The molecule has 0 unspecified atom stereocenters. The van der Waals surface area contributed by atoms with E-state index in [4.69, 9.17) is 0 Å². The molecule has 0 radical (unpaired) electrons. The Kier molecular flexibility index (Phi) is 4.08. The Morgan fingerprint density at radius 3 is 2.60 bits per heavy atom. The van der Waals surface area contributed by atoms with Gasteiger partial charge in [0.15, 0.2) is 5.82 Å². The molecule has 1 aromatic heterocycles. The maximum atomic E-state index is 11.2. The van der Waals surface area contributed by atoms with Crippen molar-refractivity contribution in [1.29, 1.82) is 0 Å². The molecule has 0 aliphatic rings. The van der Waals surface area contributed by atoms with Crippen molar-refractivity contribution < 1.29 is 9.85 Å². The Hall–Kier alpha value is -3.82. The highest BCUT2D eigenvalue weighted by molar-refractivity contribution is 5.84. The summed E-state index contributed by atoms with van der Waals surface area (Å²) in [4.78, 5) is 28.0. The van der Waals surface area contributed by atoms with Crippen LogP contribution in [0.1, 0.15) is 5.82 Å². The first-order valence-electron chi connectivity index (χ1n) is 7.11. The Bertz CT molecular complexity index is 964. The van der Waals surface area contributed by atoms with Crippen molar-refractivity contribution in [3.05, 3.63) is 68.5 Å². The van der Waals surface area contributed by atoms with Gasteiger partial charge >= 0.3 is 5.69 Å². The number of aromatic nitrogens is 2. The first-order chi connectivity index (χ1) is 12.0. The van der Waals surface area contributed by atoms with E-state index in [9.17, 15) is 20.2 Å². The highest BCUT2D eigenvalue weighted by Gasteiger charge is 2.21. The van der Waals surface area contributed by atoms with Crippen LogP contribution in [0.5, 0.6) is 0 Å². The number of non-ortho nitro benzene ring substituents is 1. The Balaban J connectivity index is 1.90. The normalized spacial score (nSPS) is 11.1. The molecule has 3 rings (SSSR count). The summed E-state index contributed by atoms with van der Waals surface area (Å²) in [6, 6.07) is 10.8. The van der Waals surface area contributed by atoms with Crippen LogP contribution in [0, 0.1) is 20.2 Å². The van der Waals surface area contributed by atoms with Gasteiger partial charge in [0.2, 0.25) is 0 Å². The number of hydrogen-bond acceptors (Lipinski definition) is 7. The van der Waals surface area contributed by atoms with Crippen molar-refractivity contribution in [2.75, 3.05) is 12.1 Å². The summed E-state index contributed by atoms with van der Waals surface area (Å²) in [6.45, 7) is 0. The first-order valence-corrected chi connectivity index (χ1v) is 7.11. The number of rotatable bonds is 5. The number of nitrogens with zero attached hydrogens (tertiary/aromatic N) is 5. The fourth-order valence-corrected chi connectivity index (χ4v) is 2.28. The topological polar surface area (TPSA) is 131 Å². The number of benzene rings is 2. The zero-order valence-electron chi connectivity index (χ0n) is 13.0. The second-order valence-electron chi connectivity index (χ2n) is 5.09. The van der Waals surface area contributed by atoms with E-state index < -0.39 is 15.5 Å². The summed E-state index contributed by atoms with van der Waals surface area (Å²) in [5.74, 6) is 0.484. The summed E-state index contributed by atoms with van der Waals surface area (Å²) >= 11 is 0. The molecule has 0 saturated carbocycles. The number of aromatic amines is 1. The summed E-state index contributed by atoms with van der Waals surface area (Å²) in [5.41, 5.74) is 0.979. The van der Waals surface area contributed by atoms with Gasteiger partial charge < -0.3 is 4.98 Å². The molecular formula is C15H12N6O4. The van der Waals surface area contributed by atoms with E-state index >= 15 is 0 Å². The van der Waals surface area contributed by atoms with Crippen LogP contribution >= 0.6 is 0 Å². The third-order valence-electron chi connectivity index (χ3n) is 3.48. The lowest BCUT2D eigenvalue weighted by molar-refractivity contribution is -0.393. The van der Waals surface area contributed by atoms with Crippen LogP contribution in [0.4, 0.5) is 17.1 Å². The third kappa shape index (κ3) is 3.27.